The lowest BCUT2D eigenvalue weighted by Gasteiger charge is -2.28. The third-order valence-electron chi connectivity index (χ3n) is 5.56. The number of rotatable bonds is 5. The lowest BCUT2D eigenvalue weighted by molar-refractivity contribution is -0.129. The summed E-state index contributed by atoms with van der Waals surface area (Å²) in [6.45, 7) is 1.35. The van der Waals surface area contributed by atoms with Crippen LogP contribution >= 0.6 is 11.8 Å². The van der Waals surface area contributed by atoms with Crippen molar-refractivity contribution in [1.82, 2.24) is 19.7 Å². The molecule has 0 atom stereocenters. The van der Waals surface area contributed by atoms with E-state index in [-0.39, 0.29) is 17.5 Å². The summed E-state index contributed by atoms with van der Waals surface area (Å²) in [7, 11) is 0. The molecule has 4 aromatic rings. The van der Waals surface area contributed by atoms with Crippen molar-refractivity contribution in [2.24, 2.45) is 0 Å². The molecular weight excluding hydrogens is 423 g/mol. The summed E-state index contributed by atoms with van der Waals surface area (Å²) in [4.78, 5) is 14.8. The Morgan fingerprint density at radius 1 is 0.906 bits per heavy atom. The van der Waals surface area contributed by atoms with Crippen LogP contribution in [0.25, 0.3) is 17.1 Å². The fourth-order valence-corrected chi connectivity index (χ4v) is 4.74. The van der Waals surface area contributed by atoms with Crippen LogP contribution in [-0.4, -0.2) is 37.9 Å². The fraction of sp³-hybridized carbons (Fsp3) is 0.160. The standard InChI is InChI=1S/C25H21FN4OS/c26-21-10-12-22(13-11-21)30-24(19-7-2-1-3-8-19)27-28-25(30)32-17-23(31)29-15-14-18-6-4-5-9-20(18)16-29/h1-13H,14-17H2. The Hall–Kier alpha value is -3.45. The Labute approximate surface area is 189 Å². The van der Waals surface area contributed by atoms with Crippen LogP contribution in [0, 0.1) is 5.82 Å². The molecule has 0 bridgehead atoms. The van der Waals surface area contributed by atoms with Crippen LogP contribution in [0.4, 0.5) is 4.39 Å². The summed E-state index contributed by atoms with van der Waals surface area (Å²) in [5.41, 5.74) is 4.16. The number of hydrogen-bond donors (Lipinski definition) is 0. The van der Waals surface area contributed by atoms with Gasteiger partial charge < -0.3 is 4.90 Å². The van der Waals surface area contributed by atoms with E-state index in [1.54, 1.807) is 12.1 Å². The Morgan fingerprint density at radius 3 is 2.41 bits per heavy atom. The number of nitrogens with zero attached hydrogens (tertiary/aromatic N) is 4. The average molecular weight is 445 g/mol. The minimum Gasteiger partial charge on any atom is -0.337 e. The molecule has 0 spiro atoms. The Balaban J connectivity index is 1.38. The quantitative estimate of drug-likeness (QED) is 0.417. The van der Waals surface area contributed by atoms with Gasteiger partial charge in [0.15, 0.2) is 11.0 Å². The van der Waals surface area contributed by atoms with Crippen LogP contribution in [0.15, 0.2) is 84.0 Å². The van der Waals surface area contributed by atoms with Crippen molar-refractivity contribution >= 4 is 17.7 Å². The highest BCUT2D eigenvalue weighted by Gasteiger charge is 2.22. The topological polar surface area (TPSA) is 51.0 Å². The highest BCUT2D eigenvalue weighted by molar-refractivity contribution is 7.99. The predicted octanol–water partition coefficient (Wildman–Crippen LogP) is 4.75. The molecule has 3 aromatic carbocycles. The van der Waals surface area contributed by atoms with Crippen LogP contribution in [0.3, 0.4) is 0 Å². The summed E-state index contributed by atoms with van der Waals surface area (Å²) in [5.74, 6) is 0.673. The molecule has 1 aromatic heterocycles. The maximum Gasteiger partial charge on any atom is 0.233 e. The Kier molecular flexibility index (Phi) is 5.73. The molecule has 1 aliphatic rings. The molecular formula is C25H21FN4OS. The Bertz CT molecular complexity index is 1240. The van der Waals surface area contributed by atoms with Gasteiger partial charge in [0.25, 0.3) is 0 Å². The second kappa shape index (κ2) is 8.96. The highest BCUT2D eigenvalue weighted by atomic mass is 32.2. The highest BCUT2D eigenvalue weighted by Crippen LogP contribution is 2.28. The third kappa shape index (κ3) is 4.16. The van der Waals surface area contributed by atoms with Gasteiger partial charge in [-0.25, -0.2) is 4.39 Å². The lowest BCUT2D eigenvalue weighted by Crippen LogP contribution is -2.37. The smallest absolute Gasteiger partial charge is 0.233 e. The molecule has 0 aliphatic carbocycles. The number of carbonyl (C=O) groups is 1. The van der Waals surface area contributed by atoms with Gasteiger partial charge in [-0.1, -0.05) is 66.4 Å². The maximum absolute atomic E-state index is 13.5. The Morgan fingerprint density at radius 2 is 1.62 bits per heavy atom. The first kappa shape index (κ1) is 20.5. The van der Waals surface area contributed by atoms with Gasteiger partial charge in [-0.3, -0.25) is 9.36 Å². The van der Waals surface area contributed by atoms with Crippen molar-refractivity contribution < 1.29 is 9.18 Å². The van der Waals surface area contributed by atoms with Crippen LogP contribution in [0.5, 0.6) is 0 Å². The molecule has 32 heavy (non-hydrogen) atoms. The van der Waals surface area contributed by atoms with Gasteiger partial charge in [0, 0.05) is 24.3 Å². The van der Waals surface area contributed by atoms with Crippen LogP contribution in [0.1, 0.15) is 11.1 Å². The number of thioether (sulfide) groups is 1. The first-order valence-electron chi connectivity index (χ1n) is 10.4. The minimum absolute atomic E-state index is 0.0689. The maximum atomic E-state index is 13.5. The predicted molar refractivity (Wildman–Crippen MR) is 123 cm³/mol. The van der Waals surface area contributed by atoms with E-state index < -0.39 is 0 Å². The second-order valence-electron chi connectivity index (χ2n) is 7.61. The molecule has 0 radical (unpaired) electrons. The lowest BCUT2D eigenvalue weighted by atomic mass is 10.00. The summed E-state index contributed by atoms with van der Waals surface area (Å²) < 4.78 is 15.4. The monoisotopic (exact) mass is 444 g/mol. The van der Waals surface area contributed by atoms with Gasteiger partial charge in [0.1, 0.15) is 5.82 Å². The largest absolute Gasteiger partial charge is 0.337 e. The van der Waals surface area contributed by atoms with Crippen molar-refractivity contribution in [1.29, 1.82) is 0 Å². The van der Waals surface area contributed by atoms with Crippen molar-refractivity contribution in [2.75, 3.05) is 12.3 Å². The second-order valence-corrected chi connectivity index (χ2v) is 8.55. The van der Waals surface area contributed by atoms with Gasteiger partial charge in [-0.05, 0) is 41.8 Å². The fourth-order valence-electron chi connectivity index (χ4n) is 3.89. The minimum atomic E-state index is -0.308. The van der Waals surface area contributed by atoms with E-state index in [2.05, 4.69) is 22.3 Å². The third-order valence-corrected chi connectivity index (χ3v) is 6.47. The van der Waals surface area contributed by atoms with Crippen molar-refractivity contribution in [3.63, 3.8) is 0 Å². The number of amides is 1. The summed E-state index contributed by atoms with van der Waals surface area (Å²) in [6, 6.07) is 24.2. The molecule has 1 aliphatic heterocycles. The first-order chi connectivity index (χ1) is 15.7. The number of aromatic nitrogens is 3. The van der Waals surface area contributed by atoms with Gasteiger partial charge in [-0.2, -0.15) is 0 Å². The van der Waals surface area contributed by atoms with Gasteiger partial charge in [0.05, 0.1) is 5.75 Å². The van der Waals surface area contributed by atoms with E-state index in [4.69, 9.17) is 0 Å². The number of fused-ring (bicyclic) bond motifs is 1. The van der Waals surface area contributed by atoms with E-state index in [9.17, 15) is 9.18 Å². The number of carbonyl (C=O) groups excluding carboxylic acids is 1. The van der Waals surface area contributed by atoms with Crippen LogP contribution in [0.2, 0.25) is 0 Å². The molecule has 5 rings (SSSR count). The van der Waals surface area contributed by atoms with E-state index >= 15 is 0 Å². The van der Waals surface area contributed by atoms with Gasteiger partial charge in [-0.15, -0.1) is 10.2 Å². The zero-order chi connectivity index (χ0) is 21.9. The molecule has 0 fully saturated rings. The molecule has 7 heteroatoms. The summed E-state index contributed by atoms with van der Waals surface area (Å²) in [6.07, 6.45) is 0.872. The van der Waals surface area contributed by atoms with E-state index in [1.165, 1.54) is 35.0 Å². The zero-order valence-electron chi connectivity index (χ0n) is 17.3. The molecule has 0 N–H and O–H groups in total. The van der Waals surface area contributed by atoms with Crippen molar-refractivity contribution in [3.8, 4) is 17.1 Å². The SMILES string of the molecule is O=C(CSc1nnc(-c2ccccc2)n1-c1ccc(F)cc1)N1CCc2ccccc2C1. The van der Waals surface area contributed by atoms with Crippen LogP contribution in [-0.2, 0) is 17.8 Å². The summed E-state index contributed by atoms with van der Waals surface area (Å²) >= 11 is 1.35. The molecule has 2 heterocycles. The molecule has 5 nitrogen and oxygen atoms in total. The number of benzene rings is 3. The molecule has 0 saturated carbocycles. The first-order valence-corrected chi connectivity index (χ1v) is 11.4. The van der Waals surface area contributed by atoms with E-state index in [1.807, 2.05) is 51.9 Å². The molecule has 1 amide bonds. The zero-order valence-corrected chi connectivity index (χ0v) is 18.1. The van der Waals surface area contributed by atoms with Crippen LogP contribution < -0.4 is 0 Å². The average Bonchev–Trinajstić information content (AvgIpc) is 3.27. The summed E-state index contributed by atoms with van der Waals surface area (Å²) in [5, 5.41) is 9.33. The molecule has 160 valence electrons. The number of halogens is 1. The normalized spacial score (nSPS) is 13.1. The number of hydrogen-bond acceptors (Lipinski definition) is 4. The molecule has 0 unspecified atom stereocenters. The van der Waals surface area contributed by atoms with Crippen molar-refractivity contribution in [3.05, 3.63) is 95.8 Å². The van der Waals surface area contributed by atoms with Crippen molar-refractivity contribution in [2.45, 2.75) is 18.1 Å². The molecule has 0 saturated heterocycles. The van der Waals surface area contributed by atoms with Gasteiger partial charge in [0.2, 0.25) is 5.91 Å². The van der Waals surface area contributed by atoms with E-state index in [0.717, 1.165) is 24.2 Å². The van der Waals surface area contributed by atoms with Gasteiger partial charge >= 0.3 is 0 Å². The van der Waals surface area contributed by atoms with E-state index in [0.29, 0.717) is 17.5 Å².